The monoisotopic (exact) mass is 418 g/mol. The highest BCUT2D eigenvalue weighted by Gasteiger charge is 2.26. The molecule has 3 heterocycles. The van der Waals surface area contributed by atoms with E-state index >= 15 is 4.39 Å². The van der Waals surface area contributed by atoms with Gasteiger partial charge in [-0.15, -0.1) is 0 Å². The number of carbonyl (C=O) groups is 1. The lowest BCUT2D eigenvalue weighted by Crippen LogP contribution is -2.48. The molecule has 0 spiro atoms. The Bertz CT molecular complexity index is 1100. The van der Waals surface area contributed by atoms with Gasteiger partial charge in [-0.3, -0.25) is 9.20 Å². The fourth-order valence-electron chi connectivity index (χ4n) is 3.54. The number of aromatic nitrogens is 2. The summed E-state index contributed by atoms with van der Waals surface area (Å²) in [5.41, 5.74) is -0.585. The average molecular weight is 419 g/mol. The summed E-state index contributed by atoms with van der Waals surface area (Å²) in [6.45, 7) is 5.54. The molecule has 1 saturated heterocycles. The molecule has 0 aliphatic carbocycles. The molecular weight excluding hydrogens is 402 g/mol. The van der Waals surface area contributed by atoms with Crippen LogP contribution in [-0.2, 0) is 4.79 Å². The lowest BCUT2D eigenvalue weighted by molar-refractivity contribution is -0.126. The van der Waals surface area contributed by atoms with E-state index in [2.05, 4.69) is 11.6 Å². The number of anilines is 1. The lowest BCUT2D eigenvalue weighted by Gasteiger charge is -2.35. The van der Waals surface area contributed by atoms with Crippen LogP contribution in [0.15, 0.2) is 43.2 Å². The van der Waals surface area contributed by atoms with Crippen molar-refractivity contribution in [2.75, 3.05) is 31.1 Å². The molecule has 1 aromatic carbocycles. The molecule has 4 rings (SSSR count). The molecule has 0 unspecified atom stereocenters. The summed E-state index contributed by atoms with van der Waals surface area (Å²) in [6.07, 6.45) is 4.23. The molecule has 1 aliphatic rings. The van der Waals surface area contributed by atoms with E-state index in [1.54, 1.807) is 4.90 Å². The van der Waals surface area contributed by atoms with Crippen LogP contribution in [0.2, 0.25) is 5.02 Å². The number of rotatable bonds is 3. The minimum Gasteiger partial charge on any atom is -0.507 e. The van der Waals surface area contributed by atoms with Crippen molar-refractivity contribution in [3.63, 3.8) is 0 Å². The second-order valence-corrected chi connectivity index (χ2v) is 7.03. The van der Waals surface area contributed by atoms with E-state index in [0.29, 0.717) is 32.0 Å². The number of phenols is 1. The van der Waals surface area contributed by atoms with Crippen LogP contribution >= 0.6 is 11.6 Å². The van der Waals surface area contributed by atoms with Crippen LogP contribution < -0.4 is 4.90 Å². The third-order valence-electron chi connectivity index (χ3n) is 5.01. The van der Waals surface area contributed by atoms with Gasteiger partial charge in [0.05, 0.1) is 16.8 Å². The van der Waals surface area contributed by atoms with Crippen LogP contribution in [-0.4, -0.2) is 51.5 Å². The highest BCUT2D eigenvalue weighted by atomic mass is 35.5. The summed E-state index contributed by atoms with van der Waals surface area (Å²) in [6, 6.07) is 3.71. The summed E-state index contributed by atoms with van der Waals surface area (Å²) < 4.78 is 31.0. The number of hydrogen-bond donors (Lipinski definition) is 1. The fourth-order valence-corrected chi connectivity index (χ4v) is 3.82. The van der Waals surface area contributed by atoms with Gasteiger partial charge in [-0.05, 0) is 18.2 Å². The Kier molecular flexibility index (Phi) is 4.87. The highest BCUT2D eigenvalue weighted by Crippen LogP contribution is 2.40. The third-order valence-corrected chi connectivity index (χ3v) is 5.29. The van der Waals surface area contributed by atoms with E-state index in [-0.39, 0.29) is 27.7 Å². The molecule has 29 heavy (non-hydrogen) atoms. The van der Waals surface area contributed by atoms with Crippen LogP contribution in [0.25, 0.3) is 16.8 Å². The molecular formula is C20H17ClF2N4O2. The number of piperazine rings is 1. The number of carbonyl (C=O) groups excluding carboxylic acids is 1. The van der Waals surface area contributed by atoms with E-state index in [1.807, 2.05) is 4.90 Å². The number of imidazole rings is 1. The van der Waals surface area contributed by atoms with Crippen molar-refractivity contribution in [2.45, 2.75) is 0 Å². The normalized spacial score (nSPS) is 14.4. The molecule has 2 aromatic heterocycles. The quantitative estimate of drug-likeness (QED) is 0.662. The fraction of sp³-hybridized carbons (Fsp3) is 0.200. The minimum absolute atomic E-state index is 0.0355. The van der Waals surface area contributed by atoms with Crippen molar-refractivity contribution in [3.8, 4) is 16.9 Å². The summed E-state index contributed by atoms with van der Waals surface area (Å²) in [7, 11) is 0. The minimum atomic E-state index is -0.829. The summed E-state index contributed by atoms with van der Waals surface area (Å²) in [5, 5.41) is 9.96. The maximum atomic E-state index is 15.2. The van der Waals surface area contributed by atoms with Crippen molar-refractivity contribution in [1.29, 1.82) is 0 Å². The molecule has 1 fully saturated rings. The molecule has 0 saturated carbocycles. The highest BCUT2D eigenvalue weighted by molar-refractivity contribution is 6.33. The Balaban J connectivity index is 1.74. The SMILES string of the molecule is C=CC(=O)N1CCN(c2cnc3c(F)c(-c4c(O)cccc4F)c(Cl)cn23)CC1. The number of benzene rings is 1. The Hall–Kier alpha value is -3.13. The standard InChI is InChI=1S/C20H17ClF2N4O2/c1-2-16(29)26-8-6-25(7-9-26)15-10-24-20-19(23)17(12(21)11-27(15)20)18-13(22)4-3-5-14(18)28/h2-5,10-11,28H,1,6-9H2. The molecule has 9 heteroatoms. The topological polar surface area (TPSA) is 61.1 Å². The van der Waals surface area contributed by atoms with Gasteiger partial charge in [-0.2, -0.15) is 0 Å². The Morgan fingerprint density at radius 3 is 2.59 bits per heavy atom. The summed E-state index contributed by atoms with van der Waals surface area (Å²) in [4.78, 5) is 19.5. The molecule has 150 valence electrons. The largest absolute Gasteiger partial charge is 0.507 e. The average Bonchev–Trinajstić information content (AvgIpc) is 3.13. The number of fused-ring (bicyclic) bond motifs is 1. The molecule has 0 atom stereocenters. The van der Waals surface area contributed by atoms with Gasteiger partial charge in [0.2, 0.25) is 5.91 Å². The zero-order valence-corrected chi connectivity index (χ0v) is 16.0. The van der Waals surface area contributed by atoms with Gasteiger partial charge in [0.1, 0.15) is 17.4 Å². The number of amides is 1. The number of nitrogens with zero attached hydrogens (tertiary/aromatic N) is 4. The Labute approximate surface area is 170 Å². The van der Waals surface area contributed by atoms with Crippen molar-refractivity contribution in [1.82, 2.24) is 14.3 Å². The van der Waals surface area contributed by atoms with Gasteiger partial charge in [0, 0.05) is 37.9 Å². The van der Waals surface area contributed by atoms with Gasteiger partial charge in [0.25, 0.3) is 0 Å². The van der Waals surface area contributed by atoms with E-state index in [1.165, 1.54) is 35.0 Å². The third kappa shape index (κ3) is 3.19. The molecule has 0 radical (unpaired) electrons. The van der Waals surface area contributed by atoms with Crippen molar-refractivity contribution in [2.24, 2.45) is 0 Å². The summed E-state index contributed by atoms with van der Waals surface area (Å²) >= 11 is 6.29. The maximum Gasteiger partial charge on any atom is 0.246 e. The zero-order chi connectivity index (χ0) is 20.7. The van der Waals surface area contributed by atoms with Crippen LogP contribution in [0, 0.1) is 11.6 Å². The first-order valence-electron chi connectivity index (χ1n) is 8.91. The zero-order valence-electron chi connectivity index (χ0n) is 15.3. The number of aromatic hydroxyl groups is 1. The van der Waals surface area contributed by atoms with E-state index in [4.69, 9.17) is 11.6 Å². The van der Waals surface area contributed by atoms with E-state index in [9.17, 15) is 14.3 Å². The first-order valence-corrected chi connectivity index (χ1v) is 9.29. The Morgan fingerprint density at radius 1 is 1.21 bits per heavy atom. The Morgan fingerprint density at radius 2 is 1.93 bits per heavy atom. The summed E-state index contributed by atoms with van der Waals surface area (Å²) in [5.74, 6) is -1.55. The number of hydrogen-bond acceptors (Lipinski definition) is 4. The van der Waals surface area contributed by atoms with E-state index < -0.39 is 17.4 Å². The van der Waals surface area contributed by atoms with Gasteiger partial charge in [-0.1, -0.05) is 24.2 Å². The van der Waals surface area contributed by atoms with Crippen molar-refractivity contribution in [3.05, 3.63) is 59.9 Å². The smallest absolute Gasteiger partial charge is 0.246 e. The molecule has 1 N–H and O–H groups in total. The van der Waals surface area contributed by atoms with Crippen LogP contribution in [0.1, 0.15) is 0 Å². The molecule has 1 amide bonds. The lowest BCUT2D eigenvalue weighted by atomic mass is 10.0. The number of pyridine rings is 1. The molecule has 6 nitrogen and oxygen atoms in total. The second kappa shape index (κ2) is 7.36. The first kappa shape index (κ1) is 19.2. The number of halogens is 3. The van der Waals surface area contributed by atoms with Gasteiger partial charge >= 0.3 is 0 Å². The van der Waals surface area contributed by atoms with Crippen LogP contribution in [0.4, 0.5) is 14.6 Å². The van der Waals surface area contributed by atoms with Crippen molar-refractivity contribution >= 4 is 29.0 Å². The van der Waals surface area contributed by atoms with Crippen molar-refractivity contribution < 1.29 is 18.7 Å². The van der Waals surface area contributed by atoms with Gasteiger partial charge < -0.3 is 14.9 Å². The number of phenolic OH excluding ortho intramolecular Hbond substituents is 1. The maximum absolute atomic E-state index is 15.2. The molecule has 0 bridgehead atoms. The predicted molar refractivity (Wildman–Crippen MR) is 106 cm³/mol. The van der Waals surface area contributed by atoms with Crippen LogP contribution in [0.5, 0.6) is 5.75 Å². The molecule has 1 aliphatic heterocycles. The second-order valence-electron chi connectivity index (χ2n) is 6.63. The van der Waals surface area contributed by atoms with Gasteiger partial charge in [0.15, 0.2) is 11.5 Å². The predicted octanol–water partition coefficient (Wildman–Crippen LogP) is 3.47. The van der Waals surface area contributed by atoms with Gasteiger partial charge in [-0.25, -0.2) is 13.8 Å². The van der Waals surface area contributed by atoms with E-state index in [0.717, 1.165) is 6.07 Å². The first-order chi connectivity index (χ1) is 13.9. The molecule has 3 aromatic rings. The van der Waals surface area contributed by atoms with Crippen LogP contribution in [0.3, 0.4) is 0 Å².